The van der Waals surface area contributed by atoms with E-state index in [2.05, 4.69) is 16.0 Å². The molecule has 3 N–H and O–H groups in total. The lowest BCUT2D eigenvalue weighted by atomic mass is 10.2. The van der Waals surface area contributed by atoms with Gasteiger partial charge in [-0.1, -0.05) is 0 Å². The summed E-state index contributed by atoms with van der Waals surface area (Å²) in [6, 6.07) is 5.79. The molecule has 1 aliphatic rings. The Labute approximate surface area is 159 Å². The maximum atomic E-state index is 12.1. The first-order valence-corrected chi connectivity index (χ1v) is 8.57. The van der Waals surface area contributed by atoms with Crippen LogP contribution in [0.1, 0.15) is 37.0 Å². The zero-order valence-electron chi connectivity index (χ0n) is 15.0. The molecule has 8 heteroatoms. The zero-order chi connectivity index (χ0) is 18.2. The largest absolute Gasteiger partial charge is 0.464 e. The number of benzene rings is 1. The molecule has 1 aliphatic carbocycles. The van der Waals surface area contributed by atoms with Crippen molar-refractivity contribution in [3.63, 3.8) is 0 Å². The summed E-state index contributed by atoms with van der Waals surface area (Å²) in [5.41, 5.74) is 1.02. The van der Waals surface area contributed by atoms with E-state index in [1.165, 1.54) is 12.8 Å². The summed E-state index contributed by atoms with van der Waals surface area (Å²) in [4.78, 5) is 35.4. The summed E-state index contributed by atoms with van der Waals surface area (Å²) in [6.07, 6.45) is 2.49. The Morgan fingerprint density at radius 2 is 1.85 bits per heavy atom. The molecule has 1 unspecified atom stereocenters. The van der Waals surface area contributed by atoms with Gasteiger partial charge in [0.15, 0.2) is 0 Å². The summed E-state index contributed by atoms with van der Waals surface area (Å²) < 4.78 is 4.85. The number of anilines is 1. The van der Waals surface area contributed by atoms with Crippen LogP contribution in [0.5, 0.6) is 0 Å². The lowest BCUT2D eigenvalue weighted by Crippen LogP contribution is -2.39. The fourth-order valence-electron chi connectivity index (χ4n) is 2.23. The van der Waals surface area contributed by atoms with Gasteiger partial charge in [0.25, 0.3) is 5.91 Å². The third-order valence-corrected chi connectivity index (χ3v) is 3.83. The van der Waals surface area contributed by atoms with Gasteiger partial charge in [-0.3, -0.25) is 9.59 Å². The van der Waals surface area contributed by atoms with Crippen molar-refractivity contribution in [1.29, 1.82) is 0 Å². The van der Waals surface area contributed by atoms with Gasteiger partial charge < -0.3 is 20.7 Å². The molecule has 2 rings (SSSR count). The van der Waals surface area contributed by atoms with Crippen LogP contribution in [0.25, 0.3) is 0 Å². The molecule has 7 nitrogen and oxygen atoms in total. The number of esters is 1. The van der Waals surface area contributed by atoms with Gasteiger partial charge in [-0.25, -0.2) is 4.79 Å². The topological polar surface area (TPSA) is 96.5 Å². The van der Waals surface area contributed by atoms with Crippen LogP contribution in [-0.2, 0) is 14.3 Å². The van der Waals surface area contributed by atoms with Crippen molar-refractivity contribution >= 4 is 35.9 Å². The van der Waals surface area contributed by atoms with Crippen LogP contribution in [-0.4, -0.2) is 43.5 Å². The summed E-state index contributed by atoms with van der Waals surface area (Å²) >= 11 is 0. The fraction of sp³-hybridized carbons (Fsp3) is 0.500. The smallest absolute Gasteiger partial charge is 0.328 e. The Morgan fingerprint density at radius 3 is 2.42 bits per heavy atom. The van der Waals surface area contributed by atoms with E-state index in [0.717, 1.165) is 12.5 Å². The molecule has 1 aromatic carbocycles. The van der Waals surface area contributed by atoms with Crippen LogP contribution in [0.15, 0.2) is 24.3 Å². The predicted octanol–water partition coefficient (Wildman–Crippen LogP) is 1.73. The molecule has 144 valence electrons. The maximum absolute atomic E-state index is 12.1. The highest BCUT2D eigenvalue weighted by Crippen LogP contribution is 2.27. The first-order valence-electron chi connectivity index (χ1n) is 8.57. The van der Waals surface area contributed by atoms with Crippen LogP contribution < -0.4 is 16.0 Å². The van der Waals surface area contributed by atoms with Crippen LogP contribution in [0.2, 0.25) is 0 Å². The van der Waals surface area contributed by atoms with Crippen LogP contribution in [0, 0.1) is 5.92 Å². The van der Waals surface area contributed by atoms with Gasteiger partial charge in [-0.2, -0.15) is 0 Å². The van der Waals surface area contributed by atoms with Crippen molar-refractivity contribution in [2.75, 3.05) is 25.0 Å². The highest BCUT2D eigenvalue weighted by molar-refractivity contribution is 5.97. The number of rotatable bonds is 9. The van der Waals surface area contributed by atoms with Gasteiger partial charge >= 0.3 is 5.97 Å². The number of hydrogen-bond acceptors (Lipinski definition) is 5. The van der Waals surface area contributed by atoms with Crippen LogP contribution >= 0.6 is 12.4 Å². The zero-order valence-corrected chi connectivity index (χ0v) is 15.9. The fourth-order valence-corrected chi connectivity index (χ4v) is 2.23. The van der Waals surface area contributed by atoms with Gasteiger partial charge in [0, 0.05) is 11.3 Å². The van der Waals surface area contributed by atoms with Crippen molar-refractivity contribution < 1.29 is 19.1 Å². The predicted molar refractivity (Wildman–Crippen MR) is 101 cm³/mol. The SMILES string of the molecule is CCOC(=O)C(C)NC(=O)c1ccc(NC(=O)CNCC2CC2)cc1.Cl. The van der Waals surface area contributed by atoms with Crippen molar-refractivity contribution in [3.05, 3.63) is 29.8 Å². The molecule has 0 radical (unpaired) electrons. The van der Waals surface area contributed by atoms with E-state index in [-0.39, 0.29) is 37.4 Å². The number of ether oxygens (including phenoxy) is 1. The van der Waals surface area contributed by atoms with Crippen molar-refractivity contribution in [3.8, 4) is 0 Å². The first kappa shape index (κ1) is 21.9. The molecular formula is C18H26ClN3O4. The number of nitrogens with one attached hydrogen (secondary N) is 3. The molecule has 1 aromatic rings. The standard InChI is InChI=1S/C18H25N3O4.ClH/c1-3-25-18(24)12(2)20-17(23)14-6-8-15(9-7-14)21-16(22)11-19-10-13-4-5-13;/h6-9,12-13,19H,3-5,10-11H2,1-2H3,(H,20,23)(H,21,22);1H. The van der Waals surface area contributed by atoms with Crippen molar-refractivity contribution in [2.45, 2.75) is 32.7 Å². The highest BCUT2D eigenvalue weighted by atomic mass is 35.5. The summed E-state index contributed by atoms with van der Waals surface area (Å²) in [5, 5.41) is 8.46. The molecule has 0 aliphatic heterocycles. The Morgan fingerprint density at radius 1 is 1.19 bits per heavy atom. The molecule has 26 heavy (non-hydrogen) atoms. The van der Waals surface area contributed by atoms with Gasteiger partial charge in [-0.05, 0) is 63.4 Å². The Balaban J connectivity index is 0.00000338. The number of halogens is 1. The maximum Gasteiger partial charge on any atom is 0.328 e. The molecule has 1 fully saturated rings. The quantitative estimate of drug-likeness (QED) is 0.564. The van der Waals surface area contributed by atoms with E-state index in [9.17, 15) is 14.4 Å². The van der Waals surface area contributed by atoms with Gasteiger partial charge in [0.2, 0.25) is 5.91 Å². The first-order chi connectivity index (χ1) is 12.0. The minimum absolute atomic E-state index is 0. The third kappa shape index (κ3) is 7.41. The average Bonchev–Trinajstić information content (AvgIpc) is 3.40. The highest BCUT2D eigenvalue weighted by Gasteiger charge is 2.20. The average molecular weight is 384 g/mol. The van der Waals surface area contributed by atoms with Crippen molar-refractivity contribution in [2.24, 2.45) is 5.92 Å². The van der Waals surface area contributed by atoms with Gasteiger partial charge in [-0.15, -0.1) is 12.4 Å². The molecule has 1 atom stereocenters. The number of carbonyl (C=O) groups is 3. The second kappa shape index (κ2) is 10.8. The number of hydrogen-bond donors (Lipinski definition) is 3. The molecule has 0 bridgehead atoms. The van der Waals surface area contributed by atoms with E-state index >= 15 is 0 Å². The minimum atomic E-state index is -0.718. The minimum Gasteiger partial charge on any atom is -0.464 e. The molecule has 0 saturated heterocycles. The Kier molecular flexibility index (Phi) is 9.09. The summed E-state index contributed by atoms with van der Waals surface area (Å²) in [5.74, 6) is -0.237. The monoisotopic (exact) mass is 383 g/mol. The van der Waals surface area contributed by atoms with E-state index in [0.29, 0.717) is 11.3 Å². The summed E-state index contributed by atoms with van der Waals surface area (Å²) in [6.45, 7) is 4.70. The van der Waals surface area contributed by atoms with E-state index < -0.39 is 12.0 Å². The molecule has 0 spiro atoms. The lowest BCUT2D eigenvalue weighted by Gasteiger charge is -2.13. The molecule has 0 heterocycles. The molecule has 0 aromatic heterocycles. The molecular weight excluding hydrogens is 358 g/mol. The molecule has 1 saturated carbocycles. The van der Waals surface area contributed by atoms with Crippen LogP contribution in [0.3, 0.4) is 0 Å². The third-order valence-electron chi connectivity index (χ3n) is 3.83. The van der Waals surface area contributed by atoms with E-state index in [1.807, 2.05) is 0 Å². The van der Waals surface area contributed by atoms with E-state index in [1.54, 1.807) is 38.1 Å². The van der Waals surface area contributed by atoms with Crippen LogP contribution in [0.4, 0.5) is 5.69 Å². The second-order valence-electron chi connectivity index (χ2n) is 6.15. The Bertz CT molecular complexity index is 617. The lowest BCUT2D eigenvalue weighted by molar-refractivity contribution is -0.144. The van der Waals surface area contributed by atoms with Crippen molar-refractivity contribution in [1.82, 2.24) is 10.6 Å². The summed E-state index contributed by atoms with van der Waals surface area (Å²) in [7, 11) is 0. The Hall–Kier alpha value is -2.12. The second-order valence-corrected chi connectivity index (χ2v) is 6.15. The van der Waals surface area contributed by atoms with E-state index in [4.69, 9.17) is 4.74 Å². The molecule has 2 amide bonds. The van der Waals surface area contributed by atoms with Gasteiger partial charge in [0.05, 0.1) is 13.2 Å². The van der Waals surface area contributed by atoms with Gasteiger partial charge in [0.1, 0.15) is 6.04 Å². The number of carbonyl (C=O) groups excluding carboxylic acids is 3. The normalized spacial score (nSPS) is 13.9. The number of amides is 2.